The molecule has 0 aliphatic heterocycles. The number of hydrogen-bond donors (Lipinski definition) is 1. The molecule has 0 aliphatic rings. The number of halogens is 3. The lowest BCUT2D eigenvalue weighted by molar-refractivity contribution is -0.136. The molecule has 8 nitrogen and oxygen atoms in total. The summed E-state index contributed by atoms with van der Waals surface area (Å²) in [6.45, 7) is 4.36. The van der Waals surface area contributed by atoms with Crippen LogP contribution in [0.2, 0.25) is 0 Å². The van der Waals surface area contributed by atoms with Crippen LogP contribution < -0.4 is 16.9 Å². The van der Waals surface area contributed by atoms with Crippen LogP contribution in [-0.2, 0) is 19.6 Å². The van der Waals surface area contributed by atoms with Gasteiger partial charge in [-0.25, -0.2) is 14.3 Å². The number of alkyl halides is 3. The molecule has 3 aromatic rings. The predicted molar refractivity (Wildman–Crippen MR) is 98.1 cm³/mol. The number of rotatable bonds is 5. The van der Waals surface area contributed by atoms with Crippen molar-refractivity contribution in [3.8, 4) is 0 Å². The molecule has 3 rings (SSSR count). The number of nitrogens with zero attached hydrogens (tertiary/aromatic N) is 4. The monoisotopic (exact) mass is 417 g/mol. The number of hydrogen-bond acceptors (Lipinski definition) is 5. The summed E-state index contributed by atoms with van der Waals surface area (Å²) < 4.78 is 41.3. The van der Waals surface area contributed by atoms with Gasteiger partial charge < -0.3 is 0 Å². The quantitative estimate of drug-likeness (QED) is 0.684. The average molecular weight is 417 g/mol. The van der Waals surface area contributed by atoms with E-state index in [2.05, 4.69) is 10.1 Å². The molecule has 0 spiro atoms. The van der Waals surface area contributed by atoms with Gasteiger partial charge >= 0.3 is 17.6 Å². The van der Waals surface area contributed by atoms with Crippen LogP contribution >= 0.6 is 11.3 Å². The minimum absolute atomic E-state index is 0.0439. The van der Waals surface area contributed by atoms with Crippen LogP contribution in [0.15, 0.2) is 14.4 Å². The van der Waals surface area contributed by atoms with Gasteiger partial charge in [0, 0.05) is 18.0 Å². The fourth-order valence-electron chi connectivity index (χ4n) is 3.02. The van der Waals surface area contributed by atoms with Gasteiger partial charge in [0.1, 0.15) is 10.7 Å². The maximum absolute atomic E-state index is 12.7. The van der Waals surface area contributed by atoms with Crippen molar-refractivity contribution < 1.29 is 13.2 Å². The molecular formula is C16H18F3N5O3S. The molecule has 0 unspecified atom stereocenters. The average Bonchev–Trinajstić information content (AvgIpc) is 3.06. The summed E-state index contributed by atoms with van der Waals surface area (Å²) in [5.41, 5.74) is -1.23. The number of aryl methyl sites for hydroxylation is 3. The van der Waals surface area contributed by atoms with Crippen LogP contribution in [0.5, 0.6) is 0 Å². The SMILES string of the molecule is CCn1c(=O)c2c(C)c(Cn3nc(C)[nH]c3=O)sc2n(CCC(F)(F)F)c1=O. The van der Waals surface area contributed by atoms with Crippen molar-refractivity contribution >= 4 is 21.6 Å². The van der Waals surface area contributed by atoms with Crippen molar-refractivity contribution in [2.75, 3.05) is 0 Å². The van der Waals surface area contributed by atoms with Gasteiger partial charge in [-0.15, -0.1) is 11.3 Å². The van der Waals surface area contributed by atoms with E-state index < -0.39 is 36.1 Å². The third kappa shape index (κ3) is 3.55. The van der Waals surface area contributed by atoms with Gasteiger partial charge in [0.15, 0.2) is 0 Å². The molecule has 0 aromatic carbocycles. The van der Waals surface area contributed by atoms with Gasteiger partial charge in [0.25, 0.3) is 5.56 Å². The van der Waals surface area contributed by atoms with E-state index in [-0.39, 0.29) is 23.3 Å². The van der Waals surface area contributed by atoms with Crippen molar-refractivity contribution in [3.05, 3.63) is 47.6 Å². The van der Waals surface area contributed by atoms with Crippen molar-refractivity contribution in [2.45, 2.75) is 53.0 Å². The number of aromatic amines is 1. The number of H-pyrrole nitrogens is 1. The molecule has 0 atom stereocenters. The van der Waals surface area contributed by atoms with E-state index >= 15 is 0 Å². The van der Waals surface area contributed by atoms with Gasteiger partial charge in [-0.05, 0) is 26.3 Å². The molecule has 0 bridgehead atoms. The maximum atomic E-state index is 12.7. The van der Waals surface area contributed by atoms with Crippen molar-refractivity contribution in [2.24, 2.45) is 0 Å². The Bertz CT molecular complexity index is 1210. The first kappa shape index (κ1) is 20.1. The van der Waals surface area contributed by atoms with Gasteiger partial charge in [-0.1, -0.05) is 0 Å². The summed E-state index contributed by atoms with van der Waals surface area (Å²) >= 11 is 1.03. The van der Waals surface area contributed by atoms with Crippen molar-refractivity contribution in [1.82, 2.24) is 23.9 Å². The first-order valence-electron chi connectivity index (χ1n) is 8.49. The summed E-state index contributed by atoms with van der Waals surface area (Å²) in [4.78, 5) is 40.5. The summed E-state index contributed by atoms with van der Waals surface area (Å²) in [7, 11) is 0. The Balaban J connectivity index is 2.22. The highest BCUT2D eigenvalue weighted by Gasteiger charge is 2.28. The van der Waals surface area contributed by atoms with Gasteiger partial charge in [0.05, 0.1) is 18.4 Å². The molecule has 0 saturated heterocycles. The molecule has 3 aromatic heterocycles. The Morgan fingerprint density at radius 3 is 2.36 bits per heavy atom. The Morgan fingerprint density at radius 2 is 1.82 bits per heavy atom. The topological polar surface area (TPSA) is 94.7 Å². The first-order valence-corrected chi connectivity index (χ1v) is 9.31. The highest BCUT2D eigenvalue weighted by molar-refractivity contribution is 7.18. The zero-order valence-electron chi connectivity index (χ0n) is 15.4. The Morgan fingerprint density at radius 1 is 1.14 bits per heavy atom. The summed E-state index contributed by atoms with van der Waals surface area (Å²) in [5.74, 6) is 0.416. The highest BCUT2D eigenvalue weighted by Crippen LogP contribution is 2.29. The fourth-order valence-corrected chi connectivity index (χ4v) is 4.32. The van der Waals surface area contributed by atoms with Gasteiger partial charge in [-0.3, -0.25) is 18.9 Å². The van der Waals surface area contributed by atoms with Crippen LogP contribution in [0.25, 0.3) is 10.2 Å². The fraction of sp³-hybridized carbons (Fsp3) is 0.500. The summed E-state index contributed by atoms with van der Waals surface area (Å²) in [5, 5.41) is 4.23. The third-order valence-electron chi connectivity index (χ3n) is 4.41. The Kier molecular flexibility index (Phi) is 5.08. The molecule has 28 heavy (non-hydrogen) atoms. The molecule has 0 fully saturated rings. The van der Waals surface area contributed by atoms with Crippen molar-refractivity contribution in [3.63, 3.8) is 0 Å². The molecule has 152 valence electrons. The van der Waals surface area contributed by atoms with E-state index in [1.165, 1.54) is 4.68 Å². The smallest absolute Gasteiger partial charge is 0.293 e. The molecular weight excluding hydrogens is 399 g/mol. The van der Waals surface area contributed by atoms with E-state index in [1.807, 2.05) is 0 Å². The second kappa shape index (κ2) is 7.08. The molecule has 0 aliphatic carbocycles. The Labute approximate surface area is 159 Å². The lowest BCUT2D eigenvalue weighted by Crippen LogP contribution is -2.39. The van der Waals surface area contributed by atoms with E-state index in [9.17, 15) is 27.6 Å². The molecule has 0 amide bonds. The van der Waals surface area contributed by atoms with E-state index in [1.54, 1.807) is 20.8 Å². The summed E-state index contributed by atoms with van der Waals surface area (Å²) in [6.07, 6.45) is -5.62. The lowest BCUT2D eigenvalue weighted by Gasteiger charge is -2.12. The van der Waals surface area contributed by atoms with Crippen LogP contribution in [-0.4, -0.2) is 30.1 Å². The van der Waals surface area contributed by atoms with Crippen LogP contribution in [0.3, 0.4) is 0 Å². The lowest BCUT2D eigenvalue weighted by atomic mass is 10.2. The molecule has 0 radical (unpaired) electrons. The minimum Gasteiger partial charge on any atom is -0.293 e. The number of thiophene rings is 1. The van der Waals surface area contributed by atoms with Gasteiger partial charge in [-0.2, -0.15) is 18.3 Å². The second-order valence-electron chi connectivity index (χ2n) is 6.35. The molecule has 3 heterocycles. The van der Waals surface area contributed by atoms with Crippen LogP contribution in [0.4, 0.5) is 13.2 Å². The van der Waals surface area contributed by atoms with Crippen LogP contribution in [0.1, 0.15) is 29.6 Å². The number of aromatic nitrogens is 5. The summed E-state index contributed by atoms with van der Waals surface area (Å²) in [6, 6.07) is 0. The Hall–Kier alpha value is -2.63. The zero-order valence-corrected chi connectivity index (χ0v) is 16.2. The van der Waals surface area contributed by atoms with E-state index in [4.69, 9.17) is 0 Å². The predicted octanol–water partition coefficient (Wildman–Crippen LogP) is 1.75. The number of nitrogens with one attached hydrogen (secondary N) is 1. The largest absolute Gasteiger partial charge is 0.390 e. The third-order valence-corrected chi connectivity index (χ3v) is 5.71. The highest BCUT2D eigenvalue weighted by atomic mass is 32.1. The second-order valence-corrected chi connectivity index (χ2v) is 7.44. The number of fused-ring (bicyclic) bond motifs is 1. The van der Waals surface area contributed by atoms with E-state index in [0.717, 1.165) is 20.5 Å². The molecule has 12 heteroatoms. The minimum atomic E-state index is -4.44. The zero-order chi connectivity index (χ0) is 20.8. The maximum Gasteiger partial charge on any atom is 0.390 e. The van der Waals surface area contributed by atoms with E-state index in [0.29, 0.717) is 16.3 Å². The van der Waals surface area contributed by atoms with Crippen molar-refractivity contribution in [1.29, 1.82) is 0 Å². The molecule has 0 saturated carbocycles. The van der Waals surface area contributed by atoms with Crippen LogP contribution in [0, 0.1) is 13.8 Å². The standard InChI is InChI=1S/C16H18F3N5O3S/c1-4-22-12(25)11-8(2)10(7-24-14(26)20-9(3)21-24)28-13(11)23(15(22)27)6-5-16(17,18)19/h4-7H2,1-3H3,(H,20,21,26). The first-order chi connectivity index (χ1) is 13.0. The normalized spacial score (nSPS) is 12.2. The molecule has 1 N–H and O–H groups in total. The van der Waals surface area contributed by atoms with Gasteiger partial charge in [0.2, 0.25) is 0 Å².